The van der Waals surface area contributed by atoms with Gasteiger partial charge in [-0.05, 0) is 12.1 Å². The van der Waals surface area contributed by atoms with Gasteiger partial charge in [-0.2, -0.15) is 13.2 Å². The summed E-state index contributed by atoms with van der Waals surface area (Å²) in [7, 11) is 0. The van der Waals surface area contributed by atoms with E-state index in [9.17, 15) is 28.1 Å². The van der Waals surface area contributed by atoms with Gasteiger partial charge in [-0.25, -0.2) is 0 Å². The first-order chi connectivity index (χ1) is 11.7. The van der Waals surface area contributed by atoms with Crippen LogP contribution in [0.15, 0.2) is 18.2 Å². The molecule has 1 aliphatic rings. The molecule has 2 N–H and O–H groups in total. The second-order valence-electron chi connectivity index (χ2n) is 5.47. The predicted octanol–water partition coefficient (Wildman–Crippen LogP) is 2.24. The molecule has 2 rings (SSSR count). The van der Waals surface area contributed by atoms with Crippen LogP contribution in [-0.2, 0) is 0 Å². The summed E-state index contributed by atoms with van der Waals surface area (Å²) in [5, 5.41) is 16.1. The standard InChI is InChI=1S/C14H16ClF3N4O3.ClH/c15-9-1-2-11(22(24)25)10(7-9)13(23)20-8-12(14(16,17)18)21-5-3-19-4-6-21;/h1-2,7,12,19H,3-6,8H2,(H,20,23);1H. The molecule has 1 amide bonds. The van der Waals surface area contributed by atoms with Crippen LogP contribution in [0, 0.1) is 10.1 Å². The number of nitrogens with one attached hydrogen (secondary N) is 2. The van der Waals surface area contributed by atoms with E-state index in [1.165, 1.54) is 11.0 Å². The highest BCUT2D eigenvalue weighted by Crippen LogP contribution is 2.26. The molecule has 0 aromatic heterocycles. The minimum atomic E-state index is -4.54. The molecule has 0 bridgehead atoms. The molecule has 1 saturated heterocycles. The molecule has 0 aliphatic carbocycles. The molecule has 0 spiro atoms. The van der Waals surface area contributed by atoms with Crippen LogP contribution in [0.2, 0.25) is 5.02 Å². The van der Waals surface area contributed by atoms with E-state index >= 15 is 0 Å². The number of nitro benzene ring substituents is 1. The summed E-state index contributed by atoms with van der Waals surface area (Å²) < 4.78 is 39.9. The Morgan fingerprint density at radius 3 is 2.54 bits per heavy atom. The number of alkyl halides is 3. The summed E-state index contributed by atoms with van der Waals surface area (Å²) in [5.74, 6) is -0.974. The topological polar surface area (TPSA) is 87.5 Å². The monoisotopic (exact) mass is 416 g/mol. The Morgan fingerprint density at radius 1 is 1.38 bits per heavy atom. The van der Waals surface area contributed by atoms with Crippen LogP contribution >= 0.6 is 24.0 Å². The molecule has 1 unspecified atom stereocenters. The summed E-state index contributed by atoms with van der Waals surface area (Å²) in [6, 6.07) is 1.46. The third-order valence-corrected chi connectivity index (χ3v) is 4.06. The van der Waals surface area contributed by atoms with Crippen LogP contribution in [0.5, 0.6) is 0 Å². The molecule has 7 nitrogen and oxygen atoms in total. The van der Waals surface area contributed by atoms with Gasteiger partial charge in [0.05, 0.1) is 4.92 Å². The maximum absolute atomic E-state index is 13.3. The normalized spacial score (nSPS) is 16.5. The summed E-state index contributed by atoms with van der Waals surface area (Å²) in [4.78, 5) is 23.6. The van der Waals surface area contributed by atoms with Gasteiger partial charge >= 0.3 is 6.18 Å². The minimum Gasteiger partial charge on any atom is -0.350 e. The first-order valence-electron chi connectivity index (χ1n) is 7.44. The second-order valence-corrected chi connectivity index (χ2v) is 5.91. The molecule has 1 heterocycles. The Morgan fingerprint density at radius 2 is 2.00 bits per heavy atom. The number of rotatable bonds is 5. The van der Waals surface area contributed by atoms with Crippen molar-refractivity contribution in [2.75, 3.05) is 32.7 Å². The van der Waals surface area contributed by atoms with Crippen LogP contribution in [-0.4, -0.2) is 60.7 Å². The number of nitro groups is 1. The fourth-order valence-electron chi connectivity index (χ4n) is 2.58. The van der Waals surface area contributed by atoms with Crippen molar-refractivity contribution in [1.29, 1.82) is 0 Å². The second kappa shape index (κ2) is 9.36. The highest BCUT2D eigenvalue weighted by atomic mass is 35.5. The Bertz CT molecular complexity index is 655. The van der Waals surface area contributed by atoms with Gasteiger partial charge in [0.15, 0.2) is 0 Å². The number of halogens is 5. The SMILES string of the molecule is Cl.O=C(NCC(N1CCNCC1)C(F)(F)F)c1cc(Cl)ccc1[N+](=O)[O-]. The Labute approximate surface area is 158 Å². The highest BCUT2D eigenvalue weighted by molar-refractivity contribution is 6.31. The van der Waals surface area contributed by atoms with E-state index in [1.54, 1.807) is 0 Å². The zero-order valence-corrected chi connectivity index (χ0v) is 15.0. The van der Waals surface area contributed by atoms with E-state index < -0.39 is 35.3 Å². The third-order valence-electron chi connectivity index (χ3n) is 3.83. The summed E-state index contributed by atoms with van der Waals surface area (Å²) >= 11 is 5.72. The molecule has 1 fully saturated rings. The van der Waals surface area contributed by atoms with Gasteiger partial charge in [0.1, 0.15) is 11.6 Å². The maximum Gasteiger partial charge on any atom is 0.405 e. The van der Waals surface area contributed by atoms with Gasteiger partial charge in [0.25, 0.3) is 11.6 Å². The quantitative estimate of drug-likeness (QED) is 0.567. The third kappa shape index (κ3) is 5.70. The Kier molecular flexibility index (Phi) is 8.07. The fraction of sp³-hybridized carbons (Fsp3) is 0.500. The van der Waals surface area contributed by atoms with Gasteiger partial charge in [-0.1, -0.05) is 11.6 Å². The predicted molar refractivity (Wildman–Crippen MR) is 92.0 cm³/mol. The van der Waals surface area contributed by atoms with Gasteiger partial charge in [-0.3, -0.25) is 19.8 Å². The first-order valence-corrected chi connectivity index (χ1v) is 7.81. The summed E-state index contributed by atoms with van der Waals surface area (Å²) in [6.07, 6.45) is -4.54. The van der Waals surface area contributed by atoms with Crippen molar-refractivity contribution in [2.24, 2.45) is 0 Å². The fourth-order valence-corrected chi connectivity index (χ4v) is 2.75. The molecule has 1 aromatic rings. The molecular weight excluding hydrogens is 400 g/mol. The van der Waals surface area contributed by atoms with E-state index in [2.05, 4.69) is 10.6 Å². The maximum atomic E-state index is 13.3. The molecule has 1 atom stereocenters. The number of amides is 1. The van der Waals surface area contributed by atoms with Crippen molar-refractivity contribution >= 4 is 35.6 Å². The molecule has 1 aromatic carbocycles. The number of carbonyl (C=O) groups excluding carboxylic acids is 1. The van der Waals surface area contributed by atoms with Gasteiger partial charge < -0.3 is 10.6 Å². The smallest absolute Gasteiger partial charge is 0.350 e. The lowest BCUT2D eigenvalue weighted by atomic mass is 10.1. The number of carbonyl (C=O) groups is 1. The molecule has 0 radical (unpaired) electrons. The van der Waals surface area contributed by atoms with Gasteiger partial charge in [0, 0.05) is 43.8 Å². The van der Waals surface area contributed by atoms with E-state index in [0.29, 0.717) is 13.1 Å². The van der Waals surface area contributed by atoms with Crippen molar-refractivity contribution in [3.05, 3.63) is 38.9 Å². The van der Waals surface area contributed by atoms with Crippen molar-refractivity contribution in [1.82, 2.24) is 15.5 Å². The lowest BCUT2D eigenvalue weighted by Crippen LogP contribution is -2.57. The van der Waals surface area contributed by atoms with E-state index in [4.69, 9.17) is 11.6 Å². The number of hydrogen-bond donors (Lipinski definition) is 2. The first kappa shape index (κ1) is 22.4. The zero-order chi connectivity index (χ0) is 18.6. The van der Waals surface area contributed by atoms with Crippen molar-refractivity contribution < 1.29 is 22.9 Å². The zero-order valence-electron chi connectivity index (χ0n) is 13.4. The van der Waals surface area contributed by atoms with Crippen molar-refractivity contribution in [3.63, 3.8) is 0 Å². The van der Waals surface area contributed by atoms with Crippen molar-refractivity contribution in [2.45, 2.75) is 12.2 Å². The molecule has 1 aliphatic heterocycles. The Hall–Kier alpha value is -1.62. The molecular formula is C14H17Cl2F3N4O3. The van der Waals surface area contributed by atoms with Crippen LogP contribution in [0.4, 0.5) is 18.9 Å². The largest absolute Gasteiger partial charge is 0.405 e. The van der Waals surface area contributed by atoms with Gasteiger partial charge in [0.2, 0.25) is 0 Å². The molecule has 26 heavy (non-hydrogen) atoms. The average Bonchev–Trinajstić information content (AvgIpc) is 2.54. The number of benzene rings is 1. The highest BCUT2D eigenvalue weighted by Gasteiger charge is 2.44. The van der Waals surface area contributed by atoms with E-state index in [-0.39, 0.29) is 36.1 Å². The minimum absolute atomic E-state index is 0. The molecule has 146 valence electrons. The summed E-state index contributed by atoms with van der Waals surface area (Å²) in [6.45, 7) is 0.515. The number of hydrogen-bond acceptors (Lipinski definition) is 5. The molecule has 12 heteroatoms. The van der Waals surface area contributed by atoms with Crippen LogP contribution in [0.3, 0.4) is 0 Å². The molecule has 0 saturated carbocycles. The number of piperazine rings is 1. The summed E-state index contributed by atoms with van der Waals surface area (Å²) in [5.41, 5.74) is -0.897. The van der Waals surface area contributed by atoms with Crippen LogP contribution < -0.4 is 10.6 Å². The average molecular weight is 417 g/mol. The van der Waals surface area contributed by atoms with Crippen molar-refractivity contribution in [3.8, 4) is 0 Å². The van der Waals surface area contributed by atoms with E-state index in [0.717, 1.165) is 12.1 Å². The lowest BCUT2D eigenvalue weighted by molar-refractivity contribution is -0.385. The van der Waals surface area contributed by atoms with Crippen LogP contribution in [0.25, 0.3) is 0 Å². The number of nitrogens with zero attached hydrogens (tertiary/aromatic N) is 2. The Balaban J connectivity index is 0.00000338. The van der Waals surface area contributed by atoms with E-state index in [1.807, 2.05) is 0 Å². The van der Waals surface area contributed by atoms with Gasteiger partial charge in [-0.15, -0.1) is 12.4 Å². The lowest BCUT2D eigenvalue weighted by Gasteiger charge is -2.35. The van der Waals surface area contributed by atoms with Crippen LogP contribution in [0.1, 0.15) is 10.4 Å².